The summed E-state index contributed by atoms with van der Waals surface area (Å²) in [6.45, 7) is 11.8. The minimum Gasteiger partial charge on any atom is -0.313 e. The van der Waals surface area contributed by atoms with Crippen molar-refractivity contribution in [3.8, 4) is 0 Å². The largest absolute Gasteiger partial charge is 0.313 e. The van der Waals surface area contributed by atoms with Crippen LogP contribution in [-0.2, 0) is 0 Å². The molecule has 2 aliphatic heterocycles. The van der Waals surface area contributed by atoms with Crippen LogP contribution in [-0.4, -0.2) is 68.3 Å². The van der Waals surface area contributed by atoms with Crippen LogP contribution in [0.5, 0.6) is 0 Å². The third-order valence-electron chi connectivity index (χ3n) is 3.41. The Morgan fingerprint density at radius 3 is 2.53 bits per heavy atom. The summed E-state index contributed by atoms with van der Waals surface area (Å²) in [6, 6.07) is 0. The quantitative estimate of drug-likeness (QED) is 0.662. The number of rotatable bonds is 3. The SMILES string of the molecule is CCCN1CCN(C2CNCCN2)CC1. The van der Waals surface area contributed by atoms with E-state index in [9.17, 15) is 0 Å². The van der Waals surface area contributed by atoms with E-state index >= 15 is 0 Å². The van der Waals surface area contributed by atoms with Gasteiger partial charge in [-0.1, -0.05) is 6.92 Å². The molecule has 2 rings (SSSR count). The van der Waals surface area contributed by atoms with E-state index in [4.69, 9.17) is 0 Å². The second kappa shape index (κ2) is 5.80. The van der Waals surface area contributed by atoms with Gasteiger partial charge in [-0.2, -0.15) is 0 Å². The van der Waals surface area contributed by atoms with E-state index in [-0.39, 0.29) is 0 Å². The Bertz CT molecular complexity index is 171. The minimum absolute atomic E-state index is 0.572. The second-order valence-corrected chi connectivity index (χ2v) is 4.55. The van der Waals surface area contributed by atoms with E-state index in [1.54, 1.807) is 0 Å². The van der Waals surface area contributed by atoms with Crippen LogP contribution in [0.15, 0.2) is 0 Å². The van der Waals surface area contributed by atoms with Gasteiger partial charge in [-0.15, -0.1) is 0 Å². The summed E-state index contributed by atoms with van der Waals surface area (Å²) in [5.41, 5.74) is 0. The molecule has 0 saturated carbocycles. The van der Waals surface area contributed by atoms with Gasteiger partial charge in [0.1, 0.15) is 0 Å². The first-order chi connectivity index (χ1) is 7.40. The maximum absolute atomic E-state index is 3.58. The molecule has 0 aromatic rings. The summed E-state index contributed by atoms with van der Waals surface area (Å²) in [7, 11) is 0. The molecule has 0 bridgehead atoms. The van der Waals surface area contributed by atoms with Crippen molar-refractivity contribution in [1.29, 1.82) is 0 Å². The standard InChI is InChI=1S/C11H24N4/c1-2-5-14-6-8-15(9-7-14)11-10-12-3-4-13-11/h11-13H,2-10H2,1H3. The summed E-state index contributed by atoms with van der Waals surface area (Å²) in [6.07, 6.45) is 1.85. The van der Waals surface area contributed by atoms with Crippen molar-refractivity contribution in [3.63, 3.8) is 0 Å². The topological polar surface area (TPSA) is 30.5 Å². The molecule has 0 aliphatic carbocycles. The molecule has 0 radical (unpaired) electrons. The van der Waals surface area contributed by atoms with E-state index in [0.29, 0.717) is 6.17 Å². The highest BCUT2D eigenvalue weighted by molar-refractivity contribution is 4.81. The molecule has 2 N–H and O–H groups in total. The average molecular weight is 212 g/mol. The van der Waals surface area contributed by atoms with Gasteiger partial charge < -0.3 is 10.2 Å². The fraction of sp³-hybridized carbons (Fsp3) is 1.00. The number of nitrogens with zero attached hydrogens (tertiary/aromatic N) is 2. The van der Waals surface area contributed by atoms with Gasteiger partial charge in [-0.25, -0.2) is 0 Å². The smallest absolute Gasteiger partial charge is 0.0727 e. The monoisotopic (exact) mass is 212 g/mol. The highest BCUT2D eigenvalue weighted by Crippen LogP contribution is 2.06. The Hall–Kier alpha value is -0.160. The molecule has 2 fully saturated rings. The molecule has 2 saturated heterocycles. The van der Waals surface area contributed by atoms with Gasteiger partial charge in [0.2, 0.25) is 0 Å². The van der Waals surface area contributed by atoms with Gasteiger partial charge in [0.05, 0.1) is 6.17 Å². The fourth-order valence-corrected chi connectivity index (χ4v) is 2.51. The van der Waals surface area contributed by atoms with Crippen molar-refractivity contribution in [2.75, 3.05) is 52.4 Å². The van der Waals surface area contributed by atoms with Crippen LogP contribution in [0, 0.1) is 0 Å². The van der Waals surface area contributed by atoms with E-state index in [1.165, 1.54) is 39.1 Å². The molecular formula is C11H24N4. The number of hydrogen-bond donors (Lipinski definition) is 2. The maximum Gasteiger partial charge on any atom is 0.0727 e. The summed E-state index contributed by atoms with van der Waals surface area (Å²) in [5.74, 6) is 0. The first-order valence-corrected chi connectivity index (χ1v) is 6.30. The van der Waals surface area contributed by atoms with Crippen molar-refractivity contribution in [2.24, 2.45) is 0 Å². The zero-order valence-corrected chi connectivity index (χ0v) is 9.84. The third kappa shape index (κ3) is 3.14. The molecule has 1 atom stereocenters. The molecule has 15 heavy (non-hydrogen) atoms. The van der Waals surface area contributed by atoms with Crippen LogP contribution in [0.25, 0.3) is 0 Å². The Morgan fingerprint density at radius 2 is 1.93 bits per heavy atom. The van der Waals surface area contributed by atoms with Gasteiger partial charge in [0.15, 0.2) is 0 Å². The lowest BCUT2D eigenvalue weighted by Crippen LogP contribution is -2.61. The zero-order chi connectivity index (χ0) is 10.5. The van der Waals surface area contributed by atoms with Crippen LogP contribution in [0.1, 0.15) is 13.3 Å². The molecule has 4 heteroatoms. The Morgan fingerprint density at radius 1 is 1.13 bits per heavy atom. The van der Waals surface area contributed by atoms with E-state index in [2.05, 4.69) is 27.4 Å². The fourth-order valence-electron chi connectivity index (χ4n) is 2.51. The predicted molar refractivity (Wildman–Crippen MR) is 63.0 cm³/mol. The first kappa shape index (κ1) is 11.3. The lowest BCUT2D eigenvalue weighted by Gasteiger charge is -2.41. The van der Waals surface area contributed by atoms with Crippen LogP contribution in [0.3, 0.4) is 0 Å². The second-order valence-electron chi connectivity index (χ2n) is 4.55. The number of piperazine rings is 2. The lowest BCUT2D eigenvalue weighted by molar-refractivity contribution is 0.0744. The van der Waals surface area contributed by atoms with Crippen molar-refractivity contribution >= 4 is 0 Å². The van der Waals surface area contributed by atoms with Gasteiger partial charge >= 0.3 is 0 Å². The van der Waals surface area contributed by atoms with Crippen LogP contribution < -0.4 is 10.6 Å². The normalized spacial score (nSPS) is 30.6. The molecule has 0 spiro atoms. The summed E-state index contributed by atoms with van der Waals surface area (Å²) in [4.78, 5) is 5.16. The third-order valence-corrected chi connectivity index (χ3v) is 3.41. The molecule has 4 nitrogen and oxygen atoms in total. The minimum atomic E-state index is 0.572. The molecule has 0 aromatic heterocycles. The average Bonchev–Trinajstić information content (AvgIpc) is 2.32. The summed E-state index contributed by atoms with van der Waals surface area (Å²) >= 11 is 0. The summed E-state index contributed by atoms with van der Waals surface area (Å²) < 4.78 is 0. The van der Waals surface area contributed by atoms with Gasteiger partial charge in [-0.3, -0.25) is 10.2 Å². The maximum atomic E-state index is 3.58. The Kier molecular flexibility index (Phi) is 4.38. The van der Waals surface area contributed by atoms with E-state index in [0.717, 1.165) is 19.6 Å². The highest BCUT2D eigenvalue weighted by Gasteiger charge is 2.23. The van der Waals surface area contributed by atoms with Crippen LogP contribution >= 0.6 is 0 Å². The lowest BCUT2D eigenvalue weighted by atomic mass is 10.2. The molecule has 1 unspecified atom stereocenters. The molecule has 2 heterocycles. The van der Waals surface area contributed by atoms with Crippen LogP contribution in [0.4, 0.5) is 0 Å². The van der Waals surface area contributed by atoms with Crippen molar-refractivity contribution in [3.05, 3.63) is 0 Å². The van der Waals surface area contributed by atoms with E-state index < -0.39 is 0 Å². The molecule has 2 aliphatic rings. The first-order valence-electron chi connectivity index (χ1n) is 6.30. The Labute approximate surface area is 93.0 Å². The summed E-state index contributed by atoms with van der Waals surface area (Å²) in [5, 5.41) is 7.03. The Balaban J connectivity index is 1.72. The molecule has 0 amide bonds. The van der Waals surface area contributed by atoms with Gasteiger partial charge in [-0.05, 0) is 13.0 Å². The molecule has 88 valence electrons. The van der Waals surface area contributed by atoms with Crippen molar-refractivity contribution in [2.45, 2.75) is 19.5 Å². The number of nitrogens with one attached hydrogen (secondary N) is 2. The number of hydrogen-bond acceptors (Lipinski definition) is 4. The van der Waals surface area contributed by atoms with Crippen molar-refractivity contribution < 1.29 is 0 Å². The van der Waals surface area contributed by atoms with Gasteiger partial charge in [0.25, 0.3) is 0 Å². The van der Waals surface area contributed by atoms with Crippen molar-refractivity contribution in [1.82, 2.24) is 20.4 Å². The van der Waals surface area contributed by atoms with Crippen LogP contribution in [0.2, 0.25) is 0 Å². The zero-order valence-electron chi connectivity index (χ0n) is 9.84. The highest BCUT2D eigenvalue weighted by atomic mass is 15.3. The molecular weight excluding hydrogens is 188 g/mol. The van der Waals surface area contributed by atoms with Gasteiger partial charge in [0, 0.05) is 45.8 Å². The molecule has 0 aromatic carbocycles. The predicted octanol–water partition coefficient (Wildman–Crippen LogP) is -0.467. The van der Waals surface area contributed by atoms with E-state index in [1.807, 2.05) is 0 Å².